The van der Waals surface area contributed by atoms with Gasteiger partial charge in [-0.25, -0.2) is 29.9 Å². The molecule has 8 heteroatoms. The summed E-state index contributed by atoms with van der Waals surface area (Å²) in [5.74, 6) is 3.75. The van der Waals surface area contributed by atoms with Gasteiger partial charge >= 0.3 is 0 Å². The Morgan fingerprint density at radius 1 is 0.203 bits per heavy atom. The molecule has 14 aromatic rings. The van der Waals surface area contributed by atoms with E-state index >= 15 is 0 Å². The summed E-state index contributed by atoms with van der Waals surface area (Å²) in [6.07, 6.45) is 0. The minimum Gasteiger partial charge on any atom is -0.309 e. The number of aromatic nitrogens is 8. The van der Waals surface area contributed by atoms with Gasteiger partial charge in [0, 0.05) is 77.4 Å². The lowest BCUT2D eigenvalue weighted by Gasteiger charge is -2.15. The number of benzene rings is 10. The molecule has 346 valence electrons. The van der Waals surface area contributed by atoms with Crippen LogP contribution >= 0.6 is 0 Å². The largest absolute Gasteiger partial charge is 0.309 e. The minimum atomic E-state index is 0.613. The highest BCUT2D eigenvalue weighted by atomic mass is 15.0. The SMILES string of the molecule is c1ccc(-c2nc(-c3ccccc3)nc(-c3ccc(-n4c5ccccc5c5cccc(-c6cccc7c8ccccc8n(-c8ccc(-c9nc(-c%10ccccc%10)nc(-c%10ccccc%10)n9)cc8)c67)c54)cc3)n2)cc1. The lowest BCUT2D eigenvalue weighted by molar-refractivity contribution is 1.07. The standard InChI is InChI=1S/C66H42N8/c1-5-19-43(20-6-1)61-67-62(44-21-7-2-8-22-44)70-65(69-61)47-35-39-49(40-36-47)73-57-33-15-13-27-51(57)53-29-17-31-55(59(53)73)56-32-18-30-54-52-28-14-16-34-58(52)74(60(54)56)50-41-37-48(38-42-50)66-71-63(45-23-9-3-10-24-45)68-64(72-66)46-25-11-4-12-26-46/h1-42H. The number of rotatable bonds is 9. The first-order valence-electron chi connectivity index (χ1n) is 24.7. The van der Waals surface area contributed by atoms with Crippen molar-refractivity contribution in [3.05, 3.63) is 255 Å². The van der Waals surface area contributed by atoms with Crippen molar-refractivity contribution >= 4 is 43.6 Å². The summed E-state index contributed by atoms with van der Waals surface area (Å²) in [6.45, 7) is 0. The van der Waals surface area contributed by atoms with Crippen LogP contribution in [0.3, 0.4) is 0 Å². The van der Waals surface area contributed by atoms with Crippen molar-refractivity contribution in [1.82, 2.24) is 39.0 Å². The Labute approximate surface area is 426 Å². The van der Waals surface area contributed by atoms with Crippen LogP contribution in [0.2, 0.25) is 0 Å². The molecule has 0 unspecified atom stereocenters. The molecule has 0 bridgehead atoms. The third-order valence-electron chi connectivity index (χ3n) is 13.8. The molecule has 0 fully saturated rings. The highest BCUT2D eigenvalue weighted by Crippen LogP contribution is 2.44. The molecule has 14 rings (SSSR count). The molecule has 0 atom stereocenters. The van der Waals surface area contributed by atoms with Crippen LogP contribution in [0.5, 0.6) is 0 Å². The van der Waals surface area contributed by atoms with Crippen LogP contribution in [-0.4, -0.2) is 39.0 Å². The van der Waals surface area contributed by atoms with E-state index in [2.05, 4.69) is 143 Å². The number of para-hydroxylation sites is 4. The van der Waals surface area contributed by atoms with E-state index < -0.39 is 0 Å². The molecule has 8 nitrogen and oxygen atoms in total. The van der Waals surface area contributed by atoms with E-state index in [0.717, 1.165) is 77.9 Å². The van der Waals surface area contributed by atoms with Crippen LogP contribution in [0, 0.1) is 0 Å². The smallest absolute Gasteiger partial charge is 0.164 e. The fraction of sp³-hybridized carbons (Fsp3) is 0. The molecule has 0 saturated heterocycles. The van der Waals surface area contributed by atoms with E-state index in [0.29, 0.717) is 34.9 Å². The molecular formula is C66H42N8. The van der Waals surface area contributed by atoms with Gasteiger partial charge in [-0.05, 0) is 60.7 Å². The molecule has 10 aromatic carbocycles. The number of hydrogen-bond donors (Lipinski definition) is 0. The Balaban J connectivity index is 0.917. The second-order valence-corrected chi connectivity index (χ2v) is 18.3. The van der Waals surface area contributed by atoms with E-state index in [4.69, 9.17) is 29.9 Å². The zero-order valence-electron chi connectivity index (χ0n) is 39.8. The zero-order chi connectivity index (χ0) is 49.0. The number of hydrogen-bond acceptors (Lipinski definition) is 6. The van der Waals surface area contributed by atoms with Crippen molar-refractivity contribution in [1.29, 1.82) is 0 Å². The lowest BCUT2D eigenvalue weighted by atomic mass is 9.99. The molecule has 0 aliphatic heterocycles. The van der Waals surface area contributed by atoms with Crippen molar-refractivity contribution in [3.8, 4) is 90.8 Å². The van der Waals surface area contributed by atoms with Crippen molar-refractivity contribution in [2.75, 3.05) is 0 Å². The average Bonchev–Trinajstić information content (AvgIpc) is 4.05. The van der Waals surface area contributed by atoms with Crippen LogP contribution < -0.4 is 0 Å². The molecule has 0 saturated carbocycles. The van der Waals surface area contributed by atoms with Crippen LogP contribution in [0.1, 0.15) is 0 Å². The van der Waals surface area contributed by atoms with E-state index in [1.807, 2.05) is 121 Å². The summed E-state index contributed by atoms with van der Waals surface area (Å²) in [7, 11) is 0. The van der Waals surface area contributed by atoms with E-state index in [1.165, 1.54) is 21.5 Å². The predicted octanol–water partition coefficient (Wildman–Crippen LogP) is 15.9. The topological polar surface area (TPSA) is 87.2 Å². The van der Waals surface area contributed by atoms with Crippen LogP contribution in [0.15, 0.2) is 255 Å². The Morgan fingerprint density at radius 2 is 0.459 bits per heavy atom. The van der Waals surface area contributed by atoms with Crippen LogP contribution in [-0.2, 0) is 0 Å². The van der Waals surface area contributed by atoms with Gasteiger partial charge in [-0.1, -0.05) is 194 Å². The summed E-state index contributed by atoms with van der Waals surface area (Å²) in [6, 6.07) is 88.4. The van der Waals surface area contributed by atoms with Gasteiger partial charge in [0.15, 0.2) is 34.9 Å². The summed E-state index contributed by atoms with van der Waals surface area (Å²) in [5.41, 5.74) is 14.3. The molecule has 0 aliphatic carbocycles. The van der Waals surface area contributed by atoms with Gasteiger partial charge < -0.3 is 9.13 Å². The maximum atomic E-state index is 5.04. The summed E-state index contributed by atoms with van der Waals surface area (Å²) in [4.78, 5) is 30.0. The first-order chi connectivity index (χ1) is 36.7. The third-order valence-corrected chi connectivity index (χ3v) is 13.8. The summed E-state index contributed by atoms with van der Waals surface area (Å²) in [5, 5.41) is 4.70. The molecule has 0 N–H and O–H groups in total. The summed E-state index contributed by atoms with van der Waals surface area (Å²) >= 11 is 0. The minimum absolute atomic E-state index is 0.613. The van der Waals surface area contributed by atoms with Crippen LogP contribution in [0.4, 0.5) is 0 Å². The molecule has 0 amide bonds. The van der Waals surface area contributed by atoms with E-state index in [1.54, 1.807) is 0 Å². The Morgan fingerprint density at radius 3 is 0.770 bits per heavy atom. The van der Waals surface area contributed by atoms with E-state index in [-0.39, 0.29) is 0 Å². The number of fused-ring (bicyclic) bond motifs is 6. The average molecular weight is 947 g/mol. The number of nitrogens with zero attached hydrogens (tertiary/aromatic N) is 8. The van der Waals surface area contributed by atoms with Crippen molar-refractivity contribution < 1.29 is 0 Å². The van der Waals surface area contributed by atoms with Gasteiger partial charge in [0.05, 0.1) is 22.1 Å². The monoisotopic (exact) mass is 946 g/mol. The highest BCUT2D eigenvalue weighted by molar-refractivity contribution is 6.19. The second-order valence-electron chi connectivity index (χ2n) is 18.3. The first-order valence-corrected chi connectivity index (χ1v) is 24.7. The van der Waals surface area contributed by atoms with Crippen LogP contribution in [0.25, 0.3) is 134 Å². The Hall–Kier alpha value is -10.2. The fourth-order valence-corrected chi connectivity index (χ4v) is 10.4. The van der Waals surface area contributed by atoms with Crippen molar-refractivity contribution in [2.45, 2.75) is 0 Å². The Bertz CT molecular complexity index is 3980. The molecular weight excluding hydrogens is 905 g/mol. The maximum absolute atomic E-state index is 5.04. The third kappa shape index (κ3) is 7.40. The van der Waals surface area contributed by atoms with Gasteiger partial charge in [0.1, 0.15) is 0 Å². The quantitative estimate of drug-likeness (QED) is 0.143. The summed E-state index contributed by atoms with van der Waals surface area (Å²) < 4.78 is 4.81. The maximum Gasteiger partial charge on any atom is 0.164 e. The van der Waals surface area contributed by atoms with Crippen molar-refractivity contribution in [2.24, 2.45) is 0 Å². The molecule has 0 radical (unpaired) electrons. The predicted molar refractivity (Wildman–Crippen MR) is 300 cm³/mol. The molecule has 0 aliphatic rings. The van der Waals surface area contributed by atoms with Gasteiger partial charge in [-0.2, -0.15) is 0 Å². The fourth-order valence-electron chi connectivity index (χ4n) is 10.4. The lowest BCUT2D eigenvalue weighted by Crippen LogP contribution is -2.01. The molecule has 4 heterocycles. The van der Waals surface area contributed by atoms with Gasteiger partial charge in [0.2, 0.25) is 0 Å². The van der Waals surface area contributed by atoms with Crippen molar-refractivity contribution in [3.63, 3.8) is 0 Å². The van der Waals surface area contributed by atoms with E-state index in [9.17, 15) is 0 Å². The zero-order valence-corrected chi connectivity index (χ0v) is 39.8. The first kappa shape index (κ1) is 42.7. The van der Waals surface area contributed by atoms with Gasteiger partial charge in [0.25, 0.3) is 0 Å². The highest BCUT2D eigenvalue weighted by Gasteiger charge is 2.22. The molecule has 74 heavy (non-hydrogen) atoms. The molecule has 0 spiro atoms. The second kappa shape index (κ2) is 17.9. The Kier molecular flexibility index (Phi) is 10.3. The molecule has 4 aromatic heterocycles. The normalized spacial score (nSPS) is 11.5. The van der Waals surface area contributed by atoms with Gasteiger partial charge in [-0.15, -0.1) is 0 Å². The van der Waals surface area contributed by atoms with Gasteiger partial charge in [-0.3, -0.25) is 0 Å².